The fraction of sp³-hybridized carbons (Fsp3) is 0.316. The van der Waals surface area contributed by atoms with Gasteiger partial charge in [-0.25, -0.2) is 0 Å². The molecule has 1 saturated heterocycles. The predicted molar refractivity (Wildman–Crippen MR) is 99.1 cm³/mol. The fourth-order valence-corrected chi connectivity index (χ4v) is 2.87. The summed E-state index contributed by atoms with van der Waals surface area (Å²) >= 11 is 6.36. The lowest BCUT2D eigenvalue weighted by Crippen LogP contribution is -2.39. The smallest absolute Gasteiger partial charge is 0.255 e. The normalized spacial score (nSPS) is 18.4. The third kappa shape index (κ3) is 4.72. The van der Waals surface area contributed by atoms with E-state index in [2.05, 4.69) is 29.7 Å². The molecule has 1 amide bonds. The van der Waals surface area contributed by atoms with Crippen LogP contribution in [0.25, 0.3) is 0 Å². The van der Waals surface area contributed by atoms with E-state index in [-0.39, 0.29) is 18.6 Å². The molecule has 2 aromatic carbocycles. The largest absolute Gasteiger partial charge is 0.377 e. The second-order valence-corrected chi connectivity index (χ2v) is 6.30. The molecule has 5 nitrogen and oxygen atoms in total. The number of anilines is 2. The van der Waals surface area contributed by atoms with Gasteiger partial charge in [0, 0.05) is 11.7 Å². The Morgan fingerprint density at radius 3 is 2.68 bits per heavy atom. The fourth-order valence-electron chi connectivity index (χ4n) is 2.63. The molecule has 0 aromatic heterocycles. The molecule has 2 aromatic rings. The second-order valence-electron chi connectivity index (χ2n) is 5.89. The van der Waals surface area contributed by atoms with Crippen LogP contribution in [0.3, 0.4) is 0 Å². The summed E-state index contributed by atoms with van der Waals surface area (Å²) in [6, 6.07) is 15.6. The molecule has 132 valence electrons. The van der Waals surface area contributed by atoms with Gasteiger partial charge >= 0.3 is 0 Å². The van der Waals surface area contributed by atoms with Crippen LogP contribution >= 0.6 is 11.6 Å². The van der Waals surface area contributed by atoms with Crippen molar-refractivity contribution in [2.75, 3.05) is 30.5 Å². The van der Waals surface area contributed by atoms with Gasteiger partial charge in [-0.2, -0.15) is 0 Å². The van der Waals surface area contributed by atoms with Gasteiger partial charge in [-0.3, -0.25) is 4.79 Å². The first-order valence-electron chi connectivity index (χ1n) is 8.25. The van der Waals surface area contributed by atoms with Gasteiger partial charge in [-0.1, -0.05) is 41.9 Å². The van der Waals surface area contributed by atoms with E-state index in [0.29, 0.717) is 23.9 Å². The highest BCUT2D eigenvalue weighted by Crippen LogP contribution is 2.29. The summed E-state index contributed by atoms with van der Waals surface area (Å²) < 4.78 is 10.6. The average Bonchev–Trinajstić information content (AvgIpc) is 2.65. The van der Waals surface area contributed by atoms with Crippen LogP contribution in [-0.2, 0) is 14.3 Å². The van der Waals surface area contributed by atoms with Crippen molar-refractivity contribution in [1.29, 1.82) is 0 Å². The van der Waals surface area contributed by atoms with E-state index in [1.165, 1.54) is 5.56 Å². The molecule has 0 saturated carbocycles. The van der Waals surface area contributed by atoms with Gasteiger partial charge < -0.3 is 20.1 Å². The molecule has 25 heavy (non-hydrogen) atoms. The maximum Gasteiger partial charge on any atom is 0.255 e. The molecule has 1 heterocycles. The van der Waals surface area contributed by atoms with Gasteiger partial charge in [0.05, 0.1) is 30.5 Å². The Kier molecular flexibility index (Phi) is 5.91. The van der Waals surface area contributed by atoms with Crippen molar-refractivity contribution in [1.82, 2.24) is 0 Å². The minimum atomic E-state index is -0.580. The minimum Gasteiger partial charge on any atom is -0.377 e. The maximum atomic E-state index is 12.2. The highest BCUT2D eigenvalue weighted by Gasteiger charge is 2.22. The Balaban J connectivity index is 1.63. The number of hydrogen-bond acceptors (Lipinski definition) is 4. The molecule has 1 aliphatic rings. The van der Waals surface area contributed by atoms with E-state index in [4.69, 9.17) is 21.1 Å². The molecule has 2 atom stereocenters. The third-order valence-corrected chi connectivity index (χ3v) is 4.33. The number of carbonyl (C=O) groups is 1. The van der Waals surface area contributed by atoms with Crippen molar-refractivity contribution < 1.29 is 14.3 Å². The third-order valence-electron chi connectivity index (χ3n) is 4.02. The molecule has 2 N–H and O–H groups in total. The number of rotatable bonds is 5. The van der Waals surface area contributed by atoms with Crippen molar-refractivity contribution in [2.24, 2.45) is 0 Å². The molecular formula is C19H21ClN2O3. The van der Waals surface area contributed by atoms with E-state index in [1.54, 1.807) is 6.07 Å². The van der Waals surface area contributed by atoms with Crippen LogP contribution in [0.4, 0.5) is 11.4 Å². The van der Waals surface area contributed by atoms with Gasteiger partial charge in [0.1, 0.15) is 0 Å². The second kappa shape index (κ2) is 8.34. The molecule has 0 aliphatic carbocycles. The van der Waals surface area contributed by atoms with Crippen LogP contribution in [-0.4, -0.2) is 31.8 Å². The first kappa shape index (κ1) is 17.7. The number of hydrogen-bond donors (Lipinski definition) is 2. The van der Waals surface area contributed by atoms with Crippen molar-refractivity contribution >= 4 is 28.9 Å². The summed E-state index contributed by atoms with van der Waals surface area (Å²) in [5.41, 5.74) is 2.61. The van der Waals surface area contributed by atoms with Crippen molar-refractivity contribution in [3.05, 3.63) is 59.1 Å². The van der Waals surface area contributed by atoms with E-state index in [0.717, 1.165) is 5.69 Å². The summed E-state index contributed by atoms with van der Waals surface area (Å²) in [5, 5.41) is 6.73. The lowest BCUT2D eigenvalue weighted by atomic mass is 10.1. The van der Waals surface area contributed by atoms with Crippen LogP contribution in [0.5, 0.6) is 0 Å². The number of amides is 1. The standard InChI is InChI=1S/C19H21ClN2O3/c1-13(14-5-3-2-4-6-14)21-17-8-7-15(11-16(17)20)22-19(23)18-12-24-9-10-25-18/h2-8,11,13,18,21H,9-10,12H2,1H3,(H,22,23)/t13-,18+/m1/s1. The predicted octanol–water partition coefficient (Wildman–Crippen LogP) is 3.87. The Morgan fingerprint density at radius 2 is 2.00 bits per heavy atom. The number of benzene rings is 2. The molecule has 0 radical (unpaired) electrons. The summed E-state index contributed by atoms with van der Waals surface area (Å²) in [7, 11) is 0. The highest BCUT2D eigenvalue weighted by atomic mass is 35.5. The van der Waals surface area contributed by atoms with E-state index < -0.39 is 6.10 Å². The zero-order valence-electron chi connectivity index (χ0n) is 14.0. The van der Waals surface area contributed by atoms with Crippen molar-refractivity contribution in [3.8, 4) is 0 Å². The number of halogens is 1. The molecule has 0 spiro atoms. The molecule has 0 bridgehead atoms. The SMILES string of the molecule is C[C@@H](Nc1ccc(NC(=O)[C@@H]2COCCO2)cc1Cl)c1ccccc1. The van der Waals surface area contributed by atoms with Crippen molar-refractivity contribution in [3.63, 3.8) is 0 Å². The van der Waals surface area contributed by atoms with E-state index in [9.17, 15) is 4.79 Å². The highest BCUT2D eigenvalue weighted by molar-refractivity contribution is 6.33. The first-order valence-corrected chi connectivity index (χ1v) is 8.62. The molecular weight excluding hydrogens is 340 g/mol. The van der Waals surface area contributed by atoms with Crippen LogP contribution in [0.15, 0.2) is 48.5 Å². The summed E-state index contributed by atoms with van der Waals surface area (Å²) in [6.45, 7) is 3.30. The van der Waals surface area contributed by atoms with Crippen LogP contribution in [0.1, 0.15) is 18.5 Å². The molecule has 0 unspecified atom stereocenters. The van der Waals surface area contributed by atoms with Gasteiger partial charge in [0.15, 0.2) is 6.10 Å². The molecule has 3 rings (SSSR count). The topological polar surface area (TPSA) is 59.6 Å². The van der Waals surface area contributed by atoms with Crippen molar-refractivity contribution in [2.45, 2.75) is 19.1 Å². The summed E-state index contributed by atoms with van der Waals surface area (Å²) in [4.78, 5) is 12.2. The van der Waals surface area contributed by atoms with Crippen LogP contribution in [0.2, 0.25) is 5.02 Å². The quantitative estimate of drug-likeness (QED) is 0.849. The summed E-state index contributed by atoms with van der Waals surface area (Å²) in [6.07, 6.45) is -0.580. The minimum absolute atomic E-state index is 0.118. The zero-order valence-corrected chi connectivity index (χ0v) is 14.8. The number of ether oxygens (including phenoxy) is 2. The Bertz CT molecular complexity index is 718. The van der Waals surface area contributed by atoms with Crippen LogP contribution < -0.4 is 10.6 Å². The first-order chi connectivity index (χ1) is 12.1. The Morgan fingerprint density at radius 1 is 1.20 bits per heavy atom. The van der Waals surface area contributed by atoms with Gasteiger partial charge in [0.2, 0.25) is 0 Å². The van der Waals surface area contributed by atoms with Gasteiger partial charge in [-0.15, -0.1) is 0 Å². The maximum absolute atomic E-state index is 12.2. The molecule has 6 heteroatoms. The molecule has 1 fully saturated rings. The number of carbonyl (C=O) groups excluding carboxylic acids is 1. The molecule has 1 aliphatic heterocycles. The van der Waals surface area contributed by atoms with E-state index >= 15 is 0 Å². The average molecular weight is 361 g/mol. The number of nitrogens with one attached hydrogen (secondary N) is 2. The van der Waals surface area contributed by atoms with E-state index in [1.807, 2.05) is 30.3 Å². The zero-order chi connectivity index (χ0) is 17.6. The van der Waals surface area contributed by atoms with Gasteiger partial charge in [-0.05, 0) is 30.7 Å². The lowest BCUT2D eigenvalue weighted by molar-refractivity contribution is -0.142. The van der Waals surface area contributed by atoms with Gasteiger partial charge in [0.25, 0.3) is 5.91 Å². The summed E-state index contributed by atoms with van der Waals surface area (Å²) in [5.74, 6) is -0.228. The lowest BCUT2D eigenvalue weighted by Gasteiger charge is -2.22. The Labute approximate surface area is 152 Å². The monoisotopic (exact) mass is 360 g/mol. The Hall–Kier alpha value is -2.08. The van der Waals surface area contributed by atoms with Crippen LogP contribution in [0, 0.1) is 0 Å².